The maximum absolute atomic E-state index is 11.4. The summed E-state index contributed by atoms with van der Waals surface area (Å²) in [4.78, 5) is 15.6. The lowest BCUT2D eigenvalue weighted by atomic mass is 10.2. The molecule has 0 unspecified atom stereocenters. The van der Waals surface area contributed by atoms with E-state index < -0.39 is 0 Å². The smallest absolute Gasteiger partial charge is 0.226 e. The maximum Gasteiger partial charge on any atom is 0.226 e. The Hall–Kier alpha value is -1.26. The standard InChI is InChI=1S/C13H12ClNO2S/c1-2-18-12(16)8-17-11-6-5-10(14)9-4-3-7-15-13(9)11/h3-7H,2,8H2,1H3. The first kappa shape index (κ1) is 13.2. The van der Waals surface area contributed by atoms with Gasteiger partial charge in [-0.1, -0.05) is 30.3 Å². The number of pyridine rings is 1. The van der Waals surface area contributed by atoms with Crippen LogP contribution in [0.4, 0.5) is 0 Å². The van der Waals surface area contributed by atoms with Crippen LogP contribution in [0, 0.1) is 0 Å². The predicted octanol–water partition coefficient (Wildman–Crippen LogP) is 3.55. The zero-order valence-corrected chi connectivity index (χ0v) is 11.4. The van der Waals surface area contributed by atoms with Gasteiger partial charge in [0.15, 0.2) is 6.61 Å². The fraction of sp³-hybridized carbons (Fsp3) is 0.231. The van der Waals surface area contributed by atoms with E-state index in [1.165, 1.54) is 11.8 Å². The summed E-state index contributed by atoms with van der Waals surface area (Å²) in [7, 11) is 0. The summed E-state index contributed by atoms with van der Waals surface area (Å²) in [6.07, 6.45) is 1.67. The highest BCUT2D eigenvalue weighted by Gasteiger charge is 2.08. The third-order valence-electron chi connectivity index (χ3n) is 2.33. The molecule has 5 heteroatoms. The van der Waals surface area contributed by atoms with E-state index in [9.17, 15) is 4.79 Å². The van der Waals surface area contributed by atoms with Gasteiger partial charge in [0.05, 0.1) is 5.02 Å². The van der Waals surface area contributed by atoms with Gasteiger partial charge in [0.25, 0.3) is 0 Å². The molecule has 0 aliphatic carbocycles. The van der Waals surface area contributed by atoms with Gasteiger partial charge in [0, 0.05) is 11.6 Å². The van der Waals surface area contributed by atoms with Crippen LogP contribution in [0.3, 0.4) is 0 Å². The average molecular weight is 282 g/mol. The summed E-state index contributed by atoms with van der Waals surface area (Å²) in [5.41, 5.74) is 0.680. The number of halogens is 1. The van der Waals surface area contributed by atoms with Crippen molar-refractivity contribution in [2.45, 2.75) is 6.92 Å². The Kier molecular flexibility index (Phi) is 4.44. The number of nitrogens with zero attached hydrogens (tertiary/aromatic N) is 1. The van der Waals surface area contributed by atoms with Crippen LogP contribution in [0.2, 0.25) is 5.02 Å². The van der Waals surface area contributed by atoms with Crippen LogP contribution in [-0.4, -0.2) is 22.5 Å². The average Bonchev–Trinajstić information content (AvgIpc) is 2.39. The molecule has 0 spiro atoms. The van der Waals surface area contributed by atoms with Gasteiger partial charge in [0.1, 0.15) is 11.3 Å². The second kappa shape index (κ2) is 6.07. The van der Waals surface area contributed by atoms with E-state index in [2.05, 4.69) is 4.98 Å². The molecule has 1 aromatic heterocycles. The van der Waals surface area contributed by atoms with Crippen molar-refractivity contribution in [3.05, 3.63) is 35.5 Å². The van der Waals surface area contributed by atoms with Gasteiger partial charge in [-0.3, -0.25) is 9.78 Å². The lowest BCUT2D eigenvalue weighted by Crippen LogP contribution is -2.08. The first-order chi connectivity index (χ1) is 8.72. The molecule has 0 aliphatic rings. The molecule has 2 rings (SSSR count). The van der Waals surface area contributed by atoms with Gasteiger partial charge >= 0.3 is 0 Å². The van der Waals surface area contributed by atoms with Gasteiger partial charge in [-0.15, -0.1) is 0 Å². The molecular weight excluding hydrogens is 270 g/mol. The molecule has 94 valence electrons. The molecule has 1 aromatic carbocycles. The normalized spacial score (nSPS) is 10.6. The minimum atomic E-state index is 0.0107. The van der Waals surface area contributed by atoms with Gasteiger partial charge in [-0.25, -0.2) is 0 Å². The van der Waals surface area contributed by atoms with Crippen molar-refractivity contribution in [3.8, 4) is 5.75 Å². The summed E-state index contributed by atoms with van der Waals surface area (Å²) >= 11 is 7.32. The Labute approximate surface area is 114 Å². The molecule has 0 N–H and O–H groups in total. The molecule has 2 aromatic rings. The van der Waals surface area contributed by atoms with Gasteiger partial charge in [-0.2, -0.15) is 0 Å². The van der Waals surface area contributed by atoms with Crippen molar-refractivity contribution in [1.29, 1.82) is 0 Å². The van der Waals surface area contributed by atoms with Crippen LogP contribution < -0.4 is 4.74 Å². The molecule has 0 saturated heterocycles. The molecule has 0 fully saturated rings. The number of ether oxygens (including phenoxy) is 1. The quantitative estimate of drug-likeness (QED) is 0.859. The van der Waals surface area contributed by atoms with Crippen molar-refractivity contribution in [1.82, 2.24) is 4.98 Å². The molecule has 0 atom stereocenters. The summed E-state index contributed by atoms with van der Waals surface area (Å²) in [5, 5.41) is 1.46. The van der Waals surface area contributed by atoms with Crippen molar-refractivity contribution < 1.29 is 9.53 Å². The van der Waals surface area contributed by atoms with E-state index in [0.29, 0.717) is 16.3 Å². The number of fused-ring (bicyclic) bond motifs is 1. The number of carbonyl (C=O) groups excluding carboxylic acids is 1. The lowest BCUT2D eigenvalue weighted by Gasteiger charge is -2.08. The first-order valence-corrected chi connectivity index (χ1v) is 6.90. The number of aromatic nitrogens is 1. The second-order valence-electron chi connectivity index (χ2n) is 3.54. The van der Waals surface area contributed by atoms with Crippen LogP contribution in [0.15, 0.2) is 30.5 Å². The van der Waals surface area contributed by atoms with E-state index in [1.807, 2.05) is 19.1 Å². The van der Waals surface area contributed by atoms with Gasteiger partial charge < -0.3 is 4.74 Å². The Balaban J connectivity index is 2.24. The van der Waals surface area contributed by atoms with Crippen LogP contribution in [0.5, 0.6) is 5.75 Å². The Morgan fingerprint density at radius 2 is 2.28 bits per heavy atom. The van der Waals surface area contributed by atoms with Gasteiger partial charge in [0.2, 0.25) is 5.12 Å². The molecule has 0 bridgehead atoms. The molecule has 0 aliphatic heterocycles. The second-order valence-corrected chi connectivity index (χ2v) is 5.27. The van der Waals surface area contributed by atoms with Crippen molar-refractivity contribution in [3.63, 3.8) is 0 Å². The third kappa shape index (κ3) is 2.94. The molecule has 0 amide bonds. The summed E-state index contributed by atoms with van der Waals surface area (Å²) in [6.45, 7) is 1.98. The Bertz CT molecular complexity index is 574. The molecule has 3 nitrogen and oxygen atoms in total. The largest absolute Gasteiger partial charge is 0.483 e. The number of thioether (sulfide) groups is 1. The molecular formula is C13H12ClNO2S. The topological polar surface area (TPSA) is 39.2 Å². The Morgan fingerprint density at radius 3 is 3.06 bits per heavy atom. The minimum absolute atomic E-state index is 0.0107. The van der Waals surface area contributed by atoms with Crippen molar-refractivity contribution in [2.24, 2.45) is 0 Å². The highest BCUT2D eigenvalue weighted by atomic mass is 35.5. The number of benzene rings is 1. The maximum atomic E-state index is 11.4. The van der Waals surface area contributed by atoms with E-state index >= 15 is 0 Å². The lowest BCUT2D eigenvalue weighted by molar-refractivity contribution is -0.112. The number of carbonyl (C=O) groups is 1. The van der Waals surface area contributed by atoms with E-state index in [1.54, 1.807) is 18.3 Å². The third-order valence-corrected chi connectivity index (χ3v) is 3.39. The Morgan fingerprint density at radius 1 is 1.44 bits per heavy atom. The predicted molar refractivity (Wildman–Crippen MR) is 75.4 cm³/mol. The molecule has 0 saturated carbocycles. The fourth-order valence-electron chi connectivity index (χ4n) is 1.57. The van der Waals surface area contributed by atoms with Crippen LogP contribution in [0.25, 0.3) is 10.9 Å². The number of hydrogen-bond donors (Lipinski definition) is 0. The summed E-state index contributed by atoms with van der Waals surface area (Å²) in [6, 6.07) is 7.18. The minimum Gasteiger partial charge on any atom is -0.483 e. The van der Waals surface area contributed by atoms with Crippen molar-refractivity contribution in [2.75, 3.05) is 12.4 Å². The van der Waals surface area contributed by atoms with Crippen LogP contribution in [0.1, 0.15) is 6.92 Å². The summed E-state index contributed by atoms with van der Waals surface area (Å²) < 4.78 is 5.50. The fourth-order valence-corrected chi connectivity index (χ4v) is 2.25. The van der Waals surface area contributed by atoms with Crippen molar-refractivity contribution >= 4 is 39.4 Å². The zero-order chi connectivity index (χ0) is 13.0. The number of hydrogen-bond acceptors (Lipinski definition) is 4. The first-order valence-electron chi connectivity index (χ1n) is 5.54. The SMILES string of the molecule is CCSC(=O)COc1ccc(Cl)c2cccnc12. The van der Waals surface area contributed by atoms with E-state index in [-0.39, 0.29) is 11.7 Å². The highest BCUT2D eigenvalue weighted by molar-refractivity contribution is 8.13. The number of rotatable bonds is 4. The van der Waals surface area contributed by atoms with Gasteiger partial charge in [-0.05, 0) is 30.0 Å². The molecule has 18 heavy (non-hydrogen) atoms. The molecule has 1 heterocycles. The van der Waals surface area contributed by atoms with E-state index in [4.69, 9.17) is 16.3 Å². The summed E-state index contributed by atoms with van der Waals surface area (Å²) in [5.74, 6) is 1.34. The monoisotopic (exact) mass is 281 g/mol. The van der Waals surface area contributed by atoms with Crippen LogP contribution >= 0.6 is 23.4 Å². The zero-order valence-electron chi connectivity index (χ0n) is 9.85. The highest BCUT2D eigenvalue weighted by Crippen LogP contribution is 2.29. The molecule has 0 radical (unpaired) electrons. The van der Waals surface area contributed by atoms with E-state index in [0.717, 1.165) is 11.1 Å². The van der Waals surface area contributed by atoms with Crippen LogP contribution in [-0.2, 0) is 4.79 Å².